The van der Waals surface area contributed by atoms with Crippen LogP contribution in [0.3, 0.4) is 0 Å². The molecule has 0 aliphatic carbocycles. The van der Waals surface area contributed by atoms with Crippen LogP contribution in [0.25, 0.3) is 0 Å². The lowest BCUT2D eigenvalue weighted by molar-refractivity contribution is -0.144. The van der Waals surface area contributed by atoms with Crippen LogP contribution < -0.4 is 5.32 Å². The van der Waals surface area contributed by atoms with Gasteiger partial charge in [0.2, 0.25) is 0 Å². The van der Waals surface area contributed by atoms with E-state index < -0.39 is 11.5 Å². The van der Waals surface area contributed by atoms with Crippen LogP contribution in [0.2, 0.25) is 0 Å². The Morgan fingerprint density at radius 2 is 1.45 bits per heavy atom. The molecule has 0 aliphatic heterocycles. The predicted octanol–water partition coefficient (Wildman–Crippen LogP) is 2.95. The normalized spacial score (nSPS) is 11.8. The highest BCUT2D eigenvalue weighted by Gasteiger charge is 2.37. The number of nitrogens with zero attached hydrogens (tertiary/aromatic N) is 1. The number of hydrogen-bond acceptors (Lipinski definition) is 2. The van der Waals surface area contributed by atoms with E-state index in [-0.39, 0.29) is 6.03 Å². The fraction of sp³-hybridized carbons (Fsp3) is 0.867. The molecule has 0 aliphatic rings. The van der Waals surface area contributed by atoms with Gasteiger partial charge in [0.05, 0.1) is 0 Å². The number of carbonyl (C=O) groups is 2. The van der Waals surface area contributed by atoms with Crippen molar-refractivity contribution >= 4 is 12.0 Å². The molecule has 0 heterocycles. The van der Waals surface area contributed by atoms with Gasteiger partial charge in [0.15, 0.2) is 0 Å². The second kappa shape index (κ2) is 8.12. The number of aliphatic carboxylic acids is 1. The molecule has 0 aromatic heterocycles. The van der Waals surface area contributed by atoms with E-state index in [1.807, 2.05) is 27.7 Å². The summed E-state index contributed by atoms with van der Waals surface area (Å²) in [4.78, 5) is 25.6. The summed E-state index contributed by atoms with van der Waals surface area (Å²) in [7, 11) is 0. The maximum atomic E-state index is 12.4. The largest absolute Gasteiger partial charge is 0.480 e. The molecular formula is C15H30N2O3. The van der Waals surface area contributed by atoms with Gasteiger partial charge in [-0.3, -0.25) is 0 Å². The Balaban J connectivity index is 5.01. The first-order chi connectivity index (χ1) is 9.18. The molecule has 118 valence electrons. The van der Waals surface area contributed by atoms with Crippen LogP contribution in [0, 0.1) is 11.8 Å². The summed E-state index contributed by atoms with van der Waals surface area (Å²) >= 11 is 0. The molecule has 20 heavy (non-hydrogen) atoms. The lowest BCUT2D eigenvalue weighted by Gasteiger charge is -2.33. The van der Waals surface area contributed by atoms with E-state index in [0.29, 0.717) is 37.8 Å². The number of urea groups is 1. The van der Waals surface area contributed by atoms with Gasteiger partial charge in [-0.2, -0.15) is 0 Å². The van der Waals surface area contributed by atoms with E-state index in [2.05, 4.69) is 5.32 Å². The van der Waals surface area contributed by atoms with E-state index in [1.165, 1.54) is 0 Å². The van der Waals surface area contributed by atoms with Crippen molar-refractivity contribution in [3.8, 4) is 0 Å². The molecule has 2 N–H and O–H groups in total. The van der Waals surface area contributed by atoms with Crippen LogP contribution in [0.4, 0.5) is 4.79 Å². The second-order valence-corrected chi connectivity index (χ2v) is 6.22. The molecular weight excluding hydrogens is 256 g/mol. The van der Waals surface area contributed by atoms with Gasteiger partial charge in [-0.25, -0.2) is 9.59 Å². The van der Waals surface area contributed by atoms with Crippen LogP contribution in [-0.4, -0.2) is 40.6 Å². The van der Waals surface area contributed by atoms with Gasteiger partial charge in [-0.15, -0.1) is 0 Å². The van der Waals surface area contributed by atoms with Crippen molar-refractivity contribution in [2.75, 3.05) is 13.1 Å². The summed E-state index contributed by atoms with van der Waals surface area (Å²) in [6.45, 7) is 13.0. The van der Waals surface area contributed by atoms with E-state index in [1.54, 1.807) is 18.7 Å². The standard InChI is InChI=1S/C15H30N2O3/c1-7-15(8-2,13(18)19)16-14(20)17(9-11(3)4)10-12(5)6/h11-12H,7-10H2,1-6H3,(H,16,20)(H,18,19). The summed E-state index contributed by atoms with van der Waals surface area (Å²) in [6, 6.07) is -0.279. The highest BCUT2D eigenvalue weighted by Crippen LogP contribution is 2.16. The van der Waals surface area contributed by atoms with Crippen molar-refractivity contribution in [2.45, 2.75) is 59.9 Å². The van der Waals surface area contributed by atoms with E-state index in [9.17, 15) is 14.7 Å². The molecule has 5 nitrogen and oxygen atoms in total. The Hall–Kier alpha value is -1.26. The van der Waals surface area contributed by atoms with Crippen molar-refractivity contribution in [2.24, 2.45) is 11.8 Å². The van der Waals surface area contributed by atoms with Crippen molar-refractivity contribution in [1.82, 2.24) is 10.2 Å². The SMILES string of the molecule is CCC(CC)(NC(=O)N(CC(C)C)CC(C)C)C(=O)O. The Bertz CT molecular complexity index is 313. The smallest absolute Gasteiger partial charge is 0.329 e. The molecule has 0 atom stereocenters. The van der Waals surface area contributed by atoms with Gasteiger partial charge in [-0.05, 0) is 24.7 Å². The fourth-order valence-electron chi connectivity index (χ4n) is 2.19. The quantitative estimate of drug-likeness (QED) is 0.720. The summed E-state index contributed by atoms with van der Waals surface area (Å²) in [5, 5.41) is 12.1. The van der Waals surface area contributed by atoms with Crippen molar-refractivity contribution in [1.29, 1.82) is 0 Å². The molecule has 0 saturated carbocycles. The average Bonchev–Trinajstić information content (AvgIpc) is 2.33. The van der Waals surface area contributed by atoms with E-state index in [4.69, 9.17) is 0 Å². The number of carbonyl (C=O) groups excluding carboxylic acids is 1. The minimum absolute atomic E-state index is 0.279. The zero-order valence-corrected chi connectivity index (χ0v) is 13.7. The zero-order chi connectivity index (χ0) is 15.9. The topological polar surface area (TPSA) is 69.6 Å². The molecule has 0 unspecified atom stereocenters. The first-order valence-electron chi connectivity index (χ1n) is 7.49. The van der Waals surface area contributed by atoms with Gasteiger partial charge in [0.25, 0.3) is 0 Å². The molecule has 0 aromatic carbocycles. The number of amides is 2. The van der Waals surface area contributed by atoms with Crippen LogP contribution in [-0.2, 0) is 4.79 Å². The molecule has 0 aromatic rings. The first kappa shape index (κ1) is 18.7. The Labute approximate surface area is 122 Å². The van der Waals surface area contributed by atoms with Gasteiger partial charge in [-0.1, -0.05) is 41.5 Å². The third-order valence-corrected chi connectivity index (χ3v) is 3.42. The number of rotatable bonds is 8. The third-order valence-electron chi connectivity index (χ3n) is 3.42. The Kier molecular flexibility index (Phi) is 7.61. The fourth-order valence-corrected chi connectivity index (χ4v) is 2.19. The Morgan fingerprint density at radius 3 is 1.70 bits per heavy atom. The summed E-state index contributed by atoms with van der Waals surface area (Å²) in [5.41, 5.74) is -1.16. The van der Waals surface area contributed by atoms with Crippen molar-refractivity contribution < 1.29 is 14.7 Å². The average molecular weight is 286 g/mol. The predicted molar refractivity (Wildman–Crippen MR) is 80.7 cm³/mol. The highest BCUT2D eigenvalue weighted by atomic mass is 16.4. The molecule has 0 spiro atoms. The number of carboxylic acids is 1. The lowest BCUT2D eigenvalue weighted by atomic mass is 9.93. The van der Waals surface area contributed by atoms with Crippen LogP contribution >= 0.6 is 0 Å². The van der Waals surface area contributed by atoms with Gasteiger partial charge < -0.3 is 15.3 Å². The van der Waals surface area contributed by atoms with Gasteiger partial charge in [0, 0.05) is 13.1 Å². The van der Waals surface area contributed by atoms with Crippen molar-refractivity contribution in [3.05, 3.63) is 0 Å². The first-order valence-corrected chi connectivity index (χ1v) is 7.49. The minimum Gasteiger partial charge on any atom is -0.480 e. The number of carboxylic acid groups (broad SMARTS) is 1. The maximum absolute atomic E-state index is 12.4. The number of nitrogens with one attached hydrogen (secondary N) is 1. The molecule has 0 rings (SSSR count). The maximum Gasteiger partial charge on any atom is 0.329 e. The van der Waals surface area contributed by atoms with Crippen LogP contribution in [0.1, 0.15) is 54.4 Å². The lowest BCUT2D eigenvalue weighted by Crippen LogP contribution is -2.58. The summed E-state index contributed by atoms with van der Waals surface area (Å²) in [6.07, 6.45) is 0.754. The molecule has 0 bridgehead atoms. The van der Waals surface area contributed by atoms with Crippen molar-refractivity contribution in [3.63, 3.8) is 0 Å². The zero-order valence-electron chi connectivity index (χ0n) is 13.7. The van der Waals surface area contributed by atoms with E-state index in [0.717, 1.165) is 0 Å². The van der Waals surface area contributed by atoms with Crippen LogP contribution in [0.15, 0.2) is 0 Å². The van der Waals surface area contributed by atoms with E-state index >= 15 is 0 Å². The molecule has 5 heteroatoms. The van der Waals surface area contributed by atoms with Gasteiger partial charge in [0.1, 0.15) is 5.54 Å². The highest BCUT2D eigenvalue weighted by molar-refractivity contribution is 5.86. The monoisotopic (exact) mass is 286 g/mol. The second-order valence-electron chi connectivity index (χ2n) is 6.22. The molecule has 0 fully saturated rings. The molecule has 0 radical (unpaired) electrons. The van der Waals surface area contributed by atoms with Crippen LogP contribution in [0.5, 0.6) is 0 Å². The van der Waals surface area contributed by atoms with Gasteiger partial charge >= 0.3 is 12.0 Å². The summed E-state index contributed by atoms with van der Waals surface area (Å²) in [5.74, 6) is -0.270. The summed E-state index contributed by atoms with van der Waals surface area (Å²) < 4.78 is 0. The molecule has 2 amide bonds. The Morgan fingerprint density at radius 1 is 1.05 bits per heavy atom. The molecule has 0 saturated heterocycles. The third kappa shape index (κ3) is 5.39. The minimum atomic E-state index is -1.16. The number of hydrogen-bond donors (Lipinski definition) is 2.